The van der Waals surface area contributed by atoms with Gasteiger partial charge >= 0.3 is 12.4 Å². The fraction of sp³-hybridized carbons (Fsp3) is 0.500. The predicted octanol–water partition coefficient (Wildman–Crippen LogP) is 9.09. The molecule has 1 unspecified atom stereocenters. The smallest absolute Gasteiger partial charge is 0.255 e. The van der Waals surface area contributed by atoms with Crippen molar-refractivity contribution in [1.82, 2.24) is 4.72 Å². The van der Waals surface area contributed by atoms with Gasteiger partial charge in [0.25, 0.3) is 0 Å². The van der Waals surface area contributed by atoms with Crippen LogP contribution < -0.4 is 4.72 Å². The summed E-state index contributed by atoms with van der Waals surface area (Å²) < 4.78 is 80.5. The Balaban J connectivity index is 0.00000249. The monoisotopic (exact) mass is 479 g/mol. The van der Waals surface area contributed by atoms with Gasteiger partial charge in [0.2, 0.25) is 0 Å². The lowest BCUT2D eigenvalue weighted by molar-refractivity contribution is -0.143. The fourth-order valence-electron chi connectivity index (χ4n) is 3.20. The van der Waals surface area contributed by atoms with Gasteiger partial charge in [0, 0.05) is 11.4 Å². The third kappa shape index (κ3) is 9.06. The van der Waals surface area contributed by atoms with Crippen molar-refractivity contribution >= 4 is 11.9 Å². The summed E-state index contributed by atoms with van der Waals surface area (Å²) in [6, 6.07) is 9.48. The Morgan fingerprint density at radius 2 is 1.34 bits per heavy atom. The minimum atomic E-state index is -4.85. The van der Waals surface area contributed by atoms with Crippen molar-refractivity contribution in [2.75, 3.05) is 0 Å². The van der Waals surface area contributed by atoms with Gasteiger partial charge in [-0.05, 0) is 66.0 Å². The minimum Gasteiger partial charge on any atom is -0.255 e. The van der Waals surface area contributed by atoms with Gasteiger partial charge in [-0.15, -0.1) is 0 Å². The summed E-state index contributed by atoms with van der Waals surface area (Å²) in [5.41, 5.74) is -0.507. The van der Waals surface area contributed by atoms with Gasteiger partial charge in [0.15, 0.2) is 0 Å². The van der Waals surface area contributed by atoms with E-state index >= 15 is 0 Å². The number of rotatable bonds is 8. The maximum absolute atomic E-state index is 12.9. The summed E-state index contributed by atoms with van der Waals surface area (Å²) in [7, 11) is 0. The molecule has 0 spiro atoms. The van der Waals surface area contributed by atoms with Crippen LogP contribution in [0.3, 0.4) is 0 Å². The summed E-state index contributed by atoms with van der Waals surface area (Å²) >= 11 is 0.749. The molecule has 0 amide bonds. The molecule has 180 valence electrons. The number of hydrogen-bond acceptors (Lipinski definition) is 2. The molecule has 0 saturated heterocycles. The molecule has 2 aromatic rings. The highest BCUT2D eigenvalue weighted by Gasteiger charge is 2.36. The van der Waals surface area contributed by atoms with Crippen LogP contribution in [0.2, 0.25) is 0 Å². The number of nitrogens with one attached hydrogen (secondary N) is 1. The lowest BCUT2D eigenvalue weighted by Gasteiger charge is -2.18. The molecular formula is C24H31F6NS. The van der Waals surface area contributed by atoms with Gasteiger partial charge in [0.1, 0.15) is 0 Å². The Hall–Kier alpha value is -1.67. The molecule has 0 aliphatic carbocycles. The zero-order chi connectivity index (χ0) is 24.5. The van der Waals surface area contributed by atoms with E-state index in [1.807, 2.05) is 38.1 Å². The molecule has 0 aliphatic heterocycles. The second-order valence-corrected chi connectivity index (χ2v) is 8.61. The van der Waals surface area contributed by atoms with Crippen LogP contribution >= 0.6 is 11.9 Å². The van der Waals surface area contributed by atoms with Gasteiger partial charge in [-0.3, -0.25) is 4.72 Å². The van der Waals surface area contributed by atoms with Gasteiger partial charge in [-0.1, -0.05) is 58.9 Å². The van der Waals surface area contributed by atoms with E-state index in [0.29, 0.717) is 30.5 Å². The first kappa shape index (κ1) is 28.4. The molecule has 1 nitrogen and oxygen atoms in total. The molecule has 0 aliphatic rings. The average Bonchev–Trinajstić information content (AvgIpc) is 2.72. The molecule has 0 radical (unpaired) electrons. The second-order valence-electron chi connectivity index (χ2n) is 7.64. The zero-order valence-corrected chi connectivity index (χ0v) is 19.8. The normalized spacial score (nSPS) is 13.0. The highest BCUT2D eigenvalue weighted by Crippen LogP contribution is 2.38. The Morgan fingerprint density at radius 1 is 0.844 bits per heavy atom. The number of hydrogen-bond donors (Lipinski definition) is 1. The van der Waals surface area contributed by atoms with Crippen LogP contribution in [0.5, 0.6) is 0 Å². The fourth-order valence-corrected chi connectivity index (χ4v) is 3.98. The Bertz CT molecular complexity index is 780. The summed E-state index contributed by atoms with van der Waals surface area (Å²) in [6.45, 7) is 10.8. The molecule has 32 heavy (non-hydrogen) atoms. The quantitative estimate of drug-likeness (QED) is 0.299. The van der Waals surface area contributed by atoms with Crippen molar-refractivity contribution in [3.05, 3.63) is 64.7 Å². The predicted molar refractivity (Wildman–Crippen MR) is 119 cm³/mol. The van der Waals surface area contributed by atoms with Crippen LogP contribution in [0.4, 0.5) is 26.3 Å². The number of halogens is 6. The maximum atomic E-state index is 12.9. The third-order valence-electron chi connectivity index (χ3n) is 4.73. The molecule has 0 fully saturated rings. The summed E-state index contributed by atoms with van der Waals surface area (Å²) in [5, 5.41) is 0. The largest absolute Gasteiger partial charge is 0.416 e. The standard InChI is InChI=1S/C22H25F6NS.C2H6/c1-4-16(9-14(2)3)17-7-5-15(6-8-17)13-29-30-20-11-18(21(23,24)25)10-19(12-20)22(26,27)28;1-2/h5-8,10-12,14,16,29H,4,9,13H2,1-3H3;1-2H3. The van der Waals surface area contributed by atoms with Crippen molar-refractivity contribution in [3.8, 4) is 0 Å². The average molecular weight is 480 g/mol. The third-order valence-corrected chi connectivity index (χ3v) is 5.49. The topological polar surface area (TPSA) is 12.0 Å². The summed E-state index contributed by atoms with van der Waals surface area (Å²) in [5.74, 6) is 1.05. The van der Waals surface area contributed by atoms with E-state index in [9.17, 15) is 26.3 Å². The lowest BCUT2D eigenvalue weighted by atomic mass is 9.88. The van der Waals surface area contributed by atoms with Gasteiger partial charge in [0.05, 0.1) is 11.1 Å². The van der Waals surface area contributed by atoms with Crippen molar-refractivity contribution in [2.45, 2.75) is 77.2 Å². The van der Waals surface area contributed by atoms with Crippen molar-refractivity contribution in [2.24, 2.45) is 5.92 Å². The highest BCUT2D eigenvalue weighted by atomic mass is 32.2. The van der Waals surface area contributed by atoms with Crippen LogP contribution in [0, 0.1) is 5.92 Å². The minimum absolute atomic E-state index is 0.129. The first-order valence-corrected chi connectivity index (χ1v) is 11.5. The maximum Gasteiger partial charge on any atom is 0.416 e. The molecule has 0 heterocycles. The molecule has 0 aromatic heterocycles. The van der Waals surface area contributed by atoms with E-state index in [2.05, 4.69) is 25.5 Å². The van der Waals surface area contributed by atoms with E-state index in [0.717, 1.165) is 30.4 Å². The second kappa shape index (κ2) is 12.5. The molecule has 1 N–H and O–H groups in total. The highest BCUT2D eigenvalue weighted by molar-refractivity contribution is 7.97. The number of benzene rings is 2. The van der Waals surface area contributed by atoms with E-state index in [1.54, 1.807) is 0 Å². The molecule has 1 atom stereocenters. The van der Waals surface area contributed by atoms with Crippen molar-refractivity contribution in [3.63, 3.8) is 0 Å². The summed E-state index contributed by atoms with van der Waals surface area (Å²) in [4.78, 5) is -0.142. The SMILES string of the molecule is CC.CCC(CC(C)C)c1ccc(CNSc2cc(C(F)(F)F)cc(C(F)(F)F)c2)cc1. The van der Waals surface area contributed by atoms with Crippen LogP contribution in [-0.2, 0) is 18.9 Å². The van der Waals surface area contributed by atoms with Crippen molar-refractivity contribution in [1.29, 1.82) is 0 Å². The number of alkyl halides is 6. The molecule has 0 saturated carbocycles. The zero-order valence-electron chi connectivity index (χ0n) is 19.0. The Kier molecular flexibility index (Phi) is 11.1. The van der Waals surface area contributed by atoms with Gasteiger partial charge in [-0.2, -0.15) is 26.3 Å². The molecule has 0 bridgehead atoms. The Labute approximate surface area is 191 Å². The molecule has 2 rings (SSSR count). The first-order chi connectivity index (χ1) is 14.9. The van der Waals surface area contributed by atoms with Crippen molar-refractivity contribution < 1.29 is 26.3 Å². The Morgan fingerprint density at radius 3 is 1.75 bits per heavy atom. The van der Waals surface area contributed by atoms with E-state index in [-0.39, 0.29) is 11.0 Å². The van der Waals surface area contributed by atoms with E-state index in [4.69, 9.17) is 0 Å². The van der Waals surface area contributed by atoms with E-state index < -0.39 is 23.5 Å². The van der Waals surface area contributed by atoms with Gasteiger partial charge in [-0.25, -0.2) is 0 Å². The molecular weight excluding hydrogens is 448 g/mol. The van der Waals surface area contributed by atoms with Gasteiger partial charge < -0.3 is 0 Å². The van der Waals surface area contributed by atoms with Crippen LogP contribution in [0.25, 0.3) is 0 Å². The van der Waals surface area contributed by atoms with Crippen LogP contribution in [0.1, 0.15) is 75.6 Å². The first-order valence-electron chi connectivity index (χ1n) is 10.7. The lowest BCUT2D eigenvalue weighted by Crippen LogP contribution is -2.12. The van der Waals surface area contributed by atoms with Crippen LogP contribution in [0.15, 0.2) is 47.4 Å². The van der Waals surface area contributed by atoms with Crippen LogP contribution in [-0.4, -0.2) is 0 Å². The summed E-state index contributed by atoms with van der Waals surface area (Å²) in [6.07, 6.45) is -7.58. The molecule has 2 aromatic carbocycles. The van der Waals surface area contributed by atoms with E-state index in [1.165, 1.54) is 5.56 Å². The molecule has 8 heteroatoms.